The van der Waals surface area contributed by atoms with Crippen molar-refractivity contribution in [2.24, 2.45) is 0 Å². The van der Waals surface area contributed by atoms with E-state index in [0.717, 1.165) is 87.1 Å². The highest BCUT2D eigenvalue weighted by Crippen LogP contribution is 2.61. The molecule has 0 atom stereocenters. The predicted molar refractivity (Wildman–Crippen MR) is 198 cm³/mol. The summed E-state index contributed by atoms with van der Waals surface area (Å²) >= 11 is 3.46. The van der Waals surface area contributed by atoms with Crippen molar-refractivity contribution >= 4 is 34.9 Å². The van der Waals surface area contributed by atoms with E-state index in [1.54, 1.807) is 52.0 Å². The number of fused-ring (bicyclic) bond motifs is 2. The lowest BCUT2D eigenvalue weighted by molar-refractivity contribution is 0.414. The molecule has 0 saturated heterocycles. The number of nitrogen functional groups attached to an aromatic ring is 2. The molecule has 1 heterocycles. The molecular weight excluding hydrogens is 637 g/mol. The molecule has 0 aromatic heterocycles. The smallest absolute Gasteiger partial charge is 0.118 e. The van der Waals surface area contributed by atoms with E-state index in [-0.39, 0.29) is 0 Å². The van der Waals surface area contributed by atoms with Gasteiger partial charge in [0.05, 0.1) is 28.4 Å². The summed E-state index contributed by atoms with van der Waals surface area (Å²) in [4.78, 5) is 4.39. The van der Waals surface area contributed by atoms with E-state index in [4.69, 9.17) is 30.4 Å². The number of rotatable bonds is 8. The lowest BCUT2D eigenvalue weighted by atomic mass is 9.88. The van der Waals surface area contributed by atoms with E-state index in [1.165, 1.54) is 0 Å². The molecule has 1 aliphatic heterocycles. The molecule has 1 aliphatic rings. The fourth-order valence-corrected chi connectivity index (χ4v) is 8.88. The van der Waals surface area contributed by atoms with Crippen LogP contribution in [0.25, 0.3) is 44.5 Å². The molecule has 0 saturated carbocycles. The number of anilines is 2. The lowest BCUT2D eigenvalue weighted by Crippen LogP contribution is -2.05. The molecule has 6 aromatic carbocycles. The number of ether oxygens (including phenoxy) is 4. The van der Waals surface area contributed by atoms with Crippen molar-refractivity contribution < 1.29 is 18.9 Å². The molecule has 8 heteroatoms. The first-order valence-corrected chi connectivity index (χ1v) is 16.9. The van der Waals surface area contributed by atoms with Crippen LogP contribution in [0.4, 0.5) is 11.4 Å². The van der Waals surface area contributed by atoms with Crippen molar-refractivity contribution in [3.63, 3.8) is 0 Å². The summed E-state index contributed by atoms with van der Waals surface area (Å²) in [7, 11) is 6.69. The Morgan fingerprint density at radius 2 is 0.750 bits per heavy atom. The van der Waals surface area contributed by atoms with Crippen LogP contribution in [0.15, 0.2) is 129 Å². The first-order valence-electron chi connectivity index (χ1n) is 15.3. The molecule has 0 radical (unpaired) electrons. The molecule has 0 fully saturated rings. The average molecular weight is 671 g/mol. The van der Waals surface area contributed by atoms with Gasteiger partial charge in [-0.2, -0.15) is 0 Å². The van der Waals surface area contributed by atoms with Crippen LogP contribution < -0.4 is 30.4 Å². The third-order valence-electron chi connectivity index (χ3n) is 8.53. The van der Waals surface area contributed by atoms with Gasteiger partial charge in [0.2, 0.25) is 0 Å². The molecule has 0 unspecified atom stereocenters. The van der Waals surface area contributed by atoms with E-state index < -0.39 is 0 Å². The van der Waals surface area contributed by atoms with Crippen LogP contribution in [-0.2, 0) is 0 Å². The van der Waals surface area contributed by atoms with Gasteiger partial charge in [-0.1, -0.05) is 72.1 Å². The van der Waals surface area contributed by atoms with Crippen molar-refractivity contribution in [2.75, 3.05) is 39.9 Å². The first-order chi connectivity index (χ1) is 23.4. The Labute approximate surface area is 289 Å². The Bertz CT molecular complexity index is 2110. The summed E-state index contributed by atoms with van der Waals surface area (Å²) in [6.45, 7) is 0. The quantitative estimate of drug-likeness (QED) is 0.155. The maximum Gasteiger partial charge on any atom is 0.118 e. The molecule has 6 aromatic rings. The summed E-state index contributed by atoms with van der Waals surface area (Å²) in [5.74, 6) is 3.13. The van der Waals surface area contributed by atoms with E-state index in [9.17, 15) is 0 Å². The van der Waals surface area contributed by atoms with Crippen molar-refractivity contribution in [2.45, 2.75) is 19.6 Å². The van der Waals surface area contributed by atoms with Gasteiger partial charge in [0.1, 0.15) is 23.0 Å². The average Bonchev–Trinajstić information content (AvgIpc) is 3.14. The molecule has 0 bridgehead atoms. The lowest BCUT2D eigenvalue weighted by Gasteiger charge is -2.30. The number of nitrogens with two attached hydrogens (primary N) is 2. The molecule has 0 aliphatic carbocycles. The second-order valence-corrected chi connectivity index (χ2v) is 13.2. The molecule has 4 N–H and O–H groups in total. The fraction of sp³-hybridized carbons (Fsp3) is 0.100. The number of hydrogen-bond donors (Lipinski definition) is 2. The minimum Gasteiger partial charge on any atom is -0.497 e. The Morgan fingerprint density at radius 1 is 0.375 bits per heavy atom. The maximum absolute atomic E-state index is 7.36. The van der Waals surface area contributed by atoms with Gasteiger partial charge in [-0.25, -0.2) is 0 Å². The van der Waals surface area contributed by atoms with Crippen molar-refractivity contribution in [3.05, 3.63) is 109 Å². The van der Waals surface area contributed by atoms with E-state index in [1.807, 2.05) is 54.6 Å². The van der Waals surface area contributed by atoms with Crippen LogP contribution in [0, 0.1) is 0 Å². The van der Waals surface area contributed by atoms with Gasteiger partial charge < -0.3 is 30.4 Å². The Morgan fingerprint density at radius 3 is 1.19 bits per heavy atom. The second kappa shape index (κ2) is 13.1. The molecule has 48 heavy (non-hydrogen) atoms. The Hall–Kier alpha value is -5.18. The summed E-state index contributed by atoms with van der Waals surface area (Å²) in [6.07, 6.45) is 0. The summed E-state index contributed by atoms with van der Waals surface area (Å²) in [5.41, 5.74) is 23.5. The fourth-order valence-electron chi connectivity index (χ4n) is 6.08. The summed E-state index contributed by atoms with van der Waals surface area (Å²) < 4.78 is 22.0. The highest BCUT2D eigenvalue weighted by molar-refractivity contribution is 8.05. The third kappa shape index (κ3) is 5.57. The Kier molecular flexibility index (Phi) is 8.60. The van der Waals surface area contributed by atoms with Gasteiger partial charge in [0.25, 0.3) is 0 Å². The van der Waals surface area contributed by atoms with E-state index >= 15 is 0 Å². The minimum atomic E-state index is 0.692. The standard InChI is InChI=1S/C40H34N2O4S2/c1-43-27-13-5-23(6-14-27)33-31(41)21-22-32-38(33)48-39-35(25-9-17-29(45-3)18-10-25)34(24-7-15-28(44-2)16-8-24)37(42)36(40(39)47-32)26-11-19-30(46-4)20-12-26/h5-22H,41-42H2,1-4H3. The zero-order valence-corrected chi connectivity index (χ0v) is 28.6. The topological polar surface area (TPSA) is 89.0 Å². The molecule has 0 amide bonds. The zero-order valence-electron chi connectivity index (χ0n) is 27.0. The third-order valence-corrected chi connectivity index (χ3v) is 11.2. The minimum absolute atomic E-state index is 0.692. The van der Waals surface area contributed by atoms with Crippen LogP contribution in [-0.4, -0.2) is 28.4 Å². The molecule has 240 valence electrons. The second-order valence-electron chi connectivity index (χ2n) is 11.2. The van der Waals surface area contributed by atoms with Gasteiger partial charge in [0.15, 0.2) is 0 Å². The number of hydrogen-bond acceptors (Lipinski definition) is 8. The van der Waals surface area contributed by atoms with Crippen molar-refractivity contribution in [1.29, 1.82) is 0 Å². The number of methoxy groups -OCH3 is 4. The van der Waals surface area contributed by atoms with Gasteiger partial charge >= 0.3 is 0 Å². The maximum atomic E-state index is 7.36. The van der Waals surface area contributed by atoms with E-state index in [0.29, 0.717) is 11.4 Å². The van der Waals surface area contributed by atoms with Crippen LogP contribution in [0.3, 0.4) is 0 Å². The molecule has 6 nitrogen and oxygen atoms in total. The summed E-state index contributed by atoms with van der Waals surface area (Å²) in [6, 6.07) is 36.5. The first kappa shape index (κ1) is 31.4. The van der Waals surface area contributed by atoms with Crippen LogP contribution in [0.2, 0.25) is 0 Å². The van der Waals surface area contributed by atoms with Gasteiger partial charge in [-0.15, -0.1) is 0 Å². The number of benzene rings is 6. The molecule has 7 rings (SSSR count). The highest BCUT2D eigenvalue weighted by Gasteiger charge is 2.32. The Balaban J connectivity index is 1.55. The SMILES string of the molecule is COc1ccc(-c2c(N)ccc3c2Sc2c(c(-c4ccc(OC)cc4)c(N)c(-c4ccc(OC)cc4)c2-c2ccc(OC)cc2)S3)cc1. The van der Waals surface area contributed by atoms with Gasteiger partial charge in [-0.3, -0.25) is 0 Å². The normalized spacial score (nSPS) is 11.8. The zero-order chi connectivity index (χ0) is 33.4. The monoisotopic (exact) mass is 670 g/mol. The molecular formula is C40H34N2O4S2. The largest absolute Gasteiger partial charge is 0.497 e. The molecule has 0 spiro atoms. The van der Waals surface area contributed by atoms with Crippen molar-refractivity contribution in [3.8, 4) is 67.5 Å². The van der Waals surface area contributed by atoms with Crippen molar-refractivity contribution in [1.82, 2.24) is 0 Å². The summed E-state index contributed by atoms with van der Waals surface area (Å²) in [5, 5.41) is 0. The van der Waals surface area contributed by atoms with Gasteiger partial charge in [-0.05, 0) is 82.9 Å². The van der Waals surface area contributed by atoms with Crippen LogP contribution >= 0.6 is 23.5 Å². The predicted octanol–water partition coefficient (Wildman–Crippen LogP) is 10.2. The van der Waals surface area contributed by atoms with Crippen LogP contribution in [0.5, 0.6) is 23.0 Å². The highest BCUT2D eigenvalue weighted by atomic mass is 32.2. The van der Waals surface area contributed by atoms with Gasteiger partial charge in [0, 0.05) is 53.2 Å². The van der Waals surface area contributed by atoms with Crippen LogP contribution in [0.1, 0.15) is 0 Å². The van der Waals surface area contributed by atoms with E-state index in [2.05, 4.69) is 54.6 Å².